The molecule has 0 amide bonds. The number of rotatable bonds is 2. The van der Waals surface area contributed by atoms with Gasteiger partial charge in [0.1, 0.15) is 5.65 Å². The van der Waals surface area contributed by atoms with Crippen LogP contribution in [0.5, 0.6) is 0 Å². The quantitative estimate of drug-likeness (QED) is 0.810. The van der Waals surface area contributed by atoms with Crippen molar-refractivity contribution in [2.24, 2.45) is 0 Å². The summed E-state index contributed by atoms with van der Waals surface area (Å²) in [5.74, 6) is -0.338. The summed E-state index contributed by atoms with van der Waals surface area (Å²) >= 11 is 0. The van der Waals surface area contributed by atoms with E-state index in [1.807, 2.05) is 6.20 Å². The molecule has 1 aliphatic rings. The number of carboxylic acids is 1. The topological polar surface area (TPSA) is 66.0 Å². The third kappa shape index (κ3) is 1.30. The van der Waals surface area contributed by atoms with Gasteiger partial charge in [0.25, 0.3) is 0 Å². The van der Waals surface area contributed by atoms with Gasteiger partial charge in [-0.1, -0.05) is 6.42 Å². The van der Waals surface area contributed by atoms with Crippen LogP contribution in [0.1, 0.15) is 41.1 Å². The second-order valence-corrected chi connectivity index (χ2v) is 4.30. The molecule has 0 bridgehead atoms. The first-order valence-corrected chi connectivity index (χ1v) is 5.46. The zero-order valence-corrected chi connectivity index (χ0v) is 8.73. The van der Waals surface area contributed by atoms with Crippen LogP contribution in [0.3, 0.4) is 0 Å². The predicted octanol–water partition coefficient (Wildman–Crippen LogP) is 2.53. The van der Waals surface area contributed by atoms with E-state index in [-0.39, 0.29) is 5.56 Å². The van der Waals surface area contributed by atoms with Gasteiger partial charge < -0.3 is 10.1 Å². The number of pyridine rings is 1. The van der Waals surface area contributed by atoms with Gasteiger partial charge in [-0.25, -0.2) is 9.78 Å². The summed E-state index contributed by atoms with van der Waals surface area (Å²) in [5, 5.41) is 9.89. The first-order chi connectivity index (χ1) is 7.75. The van der Waals surface area contributed by atoms with Crippen molar-refractivity contribution in [2.75, 3.05) is 0 Å². The van der Waals surface area contributed by atoms with Crippen molar-refractivity contribution in [3.8, 4) is 0 Å². The second kappa shape index (κ2) is 3.33. The Labute approximate surface area is 92.3 Å². The number of aromatic amines is 1. The molecule has 1 aliphatic carbocycles. The molecule has 1 fully saturated rings. The van der Waals surface area contributed by atoms with Crippen molar-refractivity contribution in [1.29, 1.82) is 0 Å². The van der Waals surface area contributed by atoms with Gasteiger partial charge in [-0.05, 0) is 30.4 Å². The predicted molar refractivity (Wildman–Crippen MR) is 59.6 cm³/mol. The Bertz CT molecular complexity index is 555. The fourth-order valence-corrected chi connectivity index (χ4v) is 2.20. The van der Waals surface area contributed by atoms with Gasteiger partial charge in [-0.2, -0.15) is 0 Å². The van der Waals surface area contributed by atoms with E-state index in [9.17, 15) is 4.79 Å². The van der Waals surface area contributed by atoms with Crippen molar-refractivity contribution in [1.82, 2.24) is 9.97 Å². The highest BCUT2D eigenvalue weighted by Gasteiger charge is 2.23. The summed E-state index contributed by atoms with van der Waals surface area (Å²) in [7, 11) is 0. The minimum atomic E-state index is -0.921. The van der Waals surface area contributed by atoms with Crippen LogP contribution in [0.25, 0.3) is 11.0 Å². The van der Waals surface area contributed by atoms with Crippen LogP contribution >= 0.6 is 0 Å². The number of nitrogens with zero attached hydrogens (tertiary/aromatic N) is 1. The van der Waals surface area contributed by atoms with Gasteiger partial charge >= 0.3 is 5.97 Å². The maximum atomic E-state index is 10.9. The number of carbonyl (C=O) groups is 1. The van der Waals surface area contributed by atoms with Crippen LogP contribution in [0.15, 0.2) is 18.5 Å². The van der Waals surface area contributed by atoms with E-state index in [1.165, 1.54) is 31.0 Å². The average Bonchev–Trinajstić information content (AvgIpc) is 2.59. The molecule has 0 spiro atoms. The van der Waals surface area contributed by atoms with E-state index in [4.69, 9.17) is 5.11 Å². The lowest BCUT2D eigenvalue weighted by Crippen LogP contribution is -2.08. The summed E-state index contributed by atoms with van der Waals surface area (Å²) in [6.45, 7) is 0. The van der Waals surface area contributed by atoms with Gasteiger partial charge in [-0.3, -0.25) is 0 Å². The maximum absolute atomic E-state index is 10.9. The second-order valence-electron chi connectivity index (χ2n) is 4.30. The summed E-state index contributed by atoms with van der Waals surface area (Å²) in [6.07, 6.45) is 7.02. The molecular weight excluding hydrogens is 204 g/mol. The molecule has 0 atom stereocenters. The standard InChI is InChI=1S/C12H12N2O2/c15-12(16)8-4-9-10(7-2-1-3-7)6-14-11(9)13-5-8/h4-7H,1-3H2,(H,13,14)(H,15,16). The van der Waals surface area contributed by atoms with Crippen LogP contribution in [0, 0.1) is 0 Å². The Balaban J connectivity index is 2.15. The fraction of sp³-hybridized carbons (Fsp3) is 0.333. The monoisotopic (exact) mass is 216 g/mol. The van der Waals surface area contributed by atoms with Gasteiger partial charge in [0.15, 0.2) is 0 Å². The molecule has 16 heavy (non-hydrogen) atoms. The SMILES string of the molecule is O=C(O)c1cnc2[nH]cc(C3CCC3)c2c1. The number of nitrogens with one attached hydrogen (secondary N) is 1. The Morgan fingerprint density at radius 2 is 2.31 bits per heavy atom. The van der Waals surface area contributed by atoms with Crippen LogP contribution in [-0.4, -0.2) is 21.0 Å². The molecule has 2 heterocycles. The van der Waals surface area contributed by atoms with Crippen molar-refractivity contribution in [2.45, 2.75) is 25.2 Å². The van der Waals surface area contributed by atoms with Crippen LogP contribution in [0.4, 0.5) is 0 Å². The summed E-state index contributed by atoms with van der Waals surface area (Å²) in [4.78, 5) is 18.1. The average molecular weight is 216 g/mol. The van der Waals surface area contributed by atoms with E-state index < -0.39 is 5.97 Å². The highest BCUT2D eigenvalue weighted by Crippen LogP contribution is 2.39. The van der Waals surface area contributed by atoms with Gasteiger partial charge in [0.05, 0.1) is 5.56 Å². The summed E-state index contributed by atoms with van der Waals surface area (Å²) in [6, 6.07) is 1.72. The molecule has 2 aromatic rings. The zero-order valence-electron chi connectivity index (χ0n) is 8.73. The Morgan fingerprint density at radius 3 is 2.94 bits per heavy atom. The number of aromatic carboxylic acids is 1. The van der Waals surface area contributed by atoms with Crippen molar-refractivity contribution in [3.05, 3.63) is 29.6 Å². The largest absolute Gasteiger partial charge is 0.478 e. The molecule has 4 heteroatoms. The number of H-pyrrole nitrogens is 1. The molecule has 2 N–H and O–H groups in total. The van der Waals surface area contributed by atoms with Crippen molar-refractivity contribution < 1.29 is 9.90 Å². The number of hydrogen-bond acceptors (Lipinski definition) is 2. The Morgan fingerprint density at radius 1 is 1.50 bits per heavy atom. The number of aromatic nitrogens is 2. The molecule has 3 rings (SSSR count). The molecule has 0 aromatic carbocycles. The zero-order chi connectivity index (χ0) is 11.1. The maximum Gasteiger partial charge on any atom is 0.337 e. The minimum Gasteiger partial charge on any atom is -0.478 e. The molecule has 0 saturated heterocycles. The summed E-state index contributed by atoms with van der Waals surface area (Å²) in [5.41, 5.74) is 2.26. The van der Waals surface area contributed by atoms with Gasteiger partial charge in [0, 0.05) is 17.8 Å². The summed E-state index contributed by atoms with van der Waals surface area (Å²) < 4.78 is 0. The highest BCUT2D eigenvalue weighted by molar-refractivity contribution is 5.93. The van der Waals surface area contributed by atoms with E-state index in [1.54, 1.807) is 6.07 Å². The third-order valence-electron chi connectivity index (χ3n) is 3.36. The number of hydrogen-bond donors (Lipinski definition) is 2. The lowest BCUT2D eigenvalue weighted by Gasteiger charge is -2.24. The van der Waals surface area contributed by atoms with Crippen LogP contribution < -0.4 is 0 Å². The normalized spacial score (nSPS) is 16.2. The minimum absolute atomic E-state index is 0.257. The third-order valence-corrected chi connectivity index (χ3v) is 3.36. The molecule has 0 radical (unpaired) electrons. The van der Waals surface area contributed by atoms with Crippen molar-refractivity contribution in [3.63, 3.8) is 0 Å². The van der Waals surface area contributed by atoms with Gasteiger partial charge in [0.2, 0.25) is 0 Å². The molecule has 0 unspecified atom stereocenters. The van der Waals surface area contributed by atoms with E-state index in [0.29, 0.717) is 5.92 Å². The fourth-order valence-electron chi connectivity index (χ4n) is 2.20. The van der Waals surface area contributed by atoms with Crippen LogP contribution in [0.2, 0.25) is 0 Å². The first kappa shape index (κ1) is 9.39. The Kier molecular flexibility index (Phi) is 1.96. The van der Waals surface area contributed by atoms with E-state index in [2.05, 4.69) is 9.97 Å². The molecular formula is C12H12N2O2. The molecule has 2 aromatic heterocycles. The van der Waals surface area contributed by atoms with E-state index >= 15 is 0 Å². The lowest BCUT2D eigenvalue weighted by molar-refractivity contribution is 0.0696. The molecule has 0 aliphatic heterocycles. The molecule has 4 nitrogen and oxygen atoms in total. The first-order valence-electron chi connectivity index (χ1n) is 5.46. The van der Waals surface area contributed by atoms with Crippen LogP contribution in [-0.2, 0) is 0 Å². The van der Waals surface area contributed by atoms with Gasteiger partial charge in [-0.15, -0.1) is 0 Å². The number of fused-ring (bicyclic) bond motifs is 1. The Hall–Kier alpha value is -1.84. The smallest absolute Gasteiger partial charge is 0.337 e. The molecule has 82 valence electrons. The highest BCUT2D eigenvalue weighted by atomic mass is 16.4. The van der Waals surface area contributed by atoms with E-state index in [0.717, 1.165) is 11.0 Å². The molecule has 1 saturated carbocycles. The lowest BCUT2D eigenvalue weighted by atomic mass is 9.80. The van der Waals surface area contributed by atoms with Crippen molar-refractivity contribution >= 4 is 17.0 Å². The number of carboxylic acid groups (broad SMARTS) is 1.